The molecular weight excluding hydrogens is 406 g/mol. The quantitative estimate of drug-likeness (QED) is 0.381. The third-order valence-electron chi connectivity index (χ3n) is 5.07. The number of carboxylic acids is 1. The number of carbonyl (C=O) groups is 1. The van der Waals surface area contributed by atoms with Crippen molar-refractivity contribution in [1.29, 1.82) is 0 Å². The molecule has 5 N–H and O–H groups in total. The zero-order valence-electron chi connectivity index (χ0n) is 17.4. The molecule has 9 heteroatoms. The molecule has 3 unspecified atom stereocenters. The van der Waals surface area contributed by atoms with Gasteiger partial charge in [-0.2, -0.15) is 0 Å². The van der Waals surface area contributed by atoms with Crippen LogP contribution in [0.3, 0.4) is 0 Å². The second kappa shape index (κ2) is 10.4. The first kappa shape index (κ1) is 23.4. The Labute approximate surface area is 180 Å². The first-order valence-corrected chi connectivity index (χ1v) is 10.2. The number of aliphatic hydroxyl groups is 3. The molecular formula is C22H29NO8. The number of rotatable bonds is 9. The van der Waals surface area contributed by atoms with Crippen molar-refractivity contribution in [2.24, 2.45) is 0 Å². The standard InChI is InChI=1S/C22H29NO8/c1-12(2)23-10-14(11-29-16-9-5-7-13-6-3-4-8-15(13)16)30-22-19(26)17(24)18(25)20(31-22)21(27)28/h3-9,12,14,17-20,22-26H,10-11H2,1-2H3,(H,27,28)/t14-,17?,18-,19?,20?,22+/m0/s1. The smallest absolute Gasteiger partial charge is 0.335 e. The molecule has 31 heavy (non-hydrogen) atoms. The molecule has 0 aliphatic carbocycles. The van der Waals surface area contributed by atoms with E-state index >= 15 is 0 Å². The van der Waals surface area contributed by atoms with Gasteiger partial charge in [-0.05, 0) is 11.5 Å². The molecule has 2 aromatic rings. The number of hydrogen-bond donors (Lipinski definition) is 5. The van der Waals surface area contributed by atoms with Gasteiger partial charge in [0.25, 0.3) is 0 Å². The molecule has 2 aromatic carbocycles. The Kier molecular flexibility index (Phi) is 7.82. The van der Waals surface area contributed by atoms with Crippen LogP contribution in [-0.2, 0) is 14.3 Å². The van der Waals surface area contributed by atoms with E-state index in [0.717, 1.165) is 10.8 Å². The van der Waals surface area contributed by atoms with Crippen LogP contribution in [0.15, 0.2) is 42.5 Å². The zero-order chi connectivity index (χ0) is 22.5. The van der Waals surface area contributed by atoms with E-state index in [4.69, 9.17) is 14.2 Å². The summed E-state index contributed by atoms with van der Waals surface area (Å²) < 4.78 is 17.0. The number of fused-ring (bicyclic) bond motifs is 1. The minimum absolute atomic E-state index is 0.0801. The Morgan fingerprint density at radius 2 is 1.77 bits per heavy atom. The molecule has 1 saturated heterocycles. The third-order valence-corrected chi connectivity index (χ3v) is 5.07. The Balaban J connectivity index is 1.73. The van der Waals surface area contributed by atoms with Crippen molar-refractivity contribution < 1.29 is 39.4 Å². The predicted octanol–water partition coefficient (Wildman–Crippen LogP) is 0.494. The number of nitrogens with one attached hydrogen (secondary N) is 1. The van der Waals surface area contributed by atoms with Gasteiger partial charge in [0, 0.05) is 18.0 Å². The van der Waals surface area contributed by atoms with Gasteiger partial charge in [-0.1, -0.05) is 50.2 Å². The molecule has 0 amide bonds. The molecule has 6 atom stereocenters. The van der Waals surface area contributed by atoms with E-state index in [1.807, 2.05) is 56.3 Å². The second-order valence-electron chi connectivity index (χ2n) is 7.84. The highest BCUT2D eigenvalue weighted by Gasteiger charge is 2.48. The molecule has 0 bridgehead atoms. The molecule has 0 saturated carbocycles. The van der Waals surface area contributed by atoms with Gasteiger partial charge in [-0.3, -0.25) is 0 Å². The van der Waals surface area contributed by atoms with E-state index in [1.54, 1.807) is 0 Å². The van der Waals surface area contributed by atoms with Crippen LogP contribution in [0.5, 0.6) is 5.75 Å². The van der Waals surface area contributed by atoms with Crippen molar-refractivity contribution in [1.82, 2.24) is 5.32 Å². The number of carboxylic acid groups (broad SMARTS) is 1. The summed E-state index contributed by atoms with van der Waals surface area (Å²) >= 11 is 0. The summed E-state index contributed by atoms with van der Waals surface area (Å²) in [6, 6.07) is 13.6. The van der Waals surface area contributed by atoms with Crippen molar-refractivity contribution in [3.63, 3.8) is 0 Å². The van der Waals surface area contributed by atoms with E-state index in [2.05, 4.69) is 5.32 Å². The van der Waals surface area contributed by atoms with E-state index < -0.39 is 42.8 Å². The van der Waals surface area contributed by atoms with Gasteiger partial charge in [-0.15, -0.1) is 0 Å². The lowest BCUT2D eigenvalue weighted by Crippen LogP contribution is -2.61. The average Bonchev–Trinajstić information content (AvgIpc) is 2.75. The summed E-state index contributed by atoms with van der Waals surface area (Å²) in [5, 5.41) is 44.5. The molecule has 1 aliphatic heterocycles. The number of benzene rings is 2. The van der Waals surface area contributed by atoms with Crippen LogP contribution >= 0.6 is 0 Å². The highest BCUT2D eigenvalue weighted by atomic mass is 16.7. The molecule has 1 heterocycles. The average molecular weight is 435 g/mol. The number of aliphatic carboxylic acids is 1. The van der Waals surface area contributed by atoms with E-state index in [9.17, 15) is 25.2 Å². The van der Waals surface area contributed by atoms with Crippen LogP contribution in [0.1, 0.15) is 13.8 Å². The molecule has 9 nitrogen and oxygen atoms in total. The van der Waals surface area contributed by atoms with Crippen LogP contribution in [0.25, 0.3) is 10.8 Å². The molecule has 1 fully saturated rings. The van der Waals surface area contributed by atoms with Gasteiger partial charge in [0.05, 0.1) is 0 Å². The Morgan fingerprint density at radius 3 is 2.48 bits per heavy atom. The fourth-order valence-corrected chi connectivity index (χ4v) is 3.37. The van der Waals surface area contributed by atoms with Gasteiger partial charge in [0.2, 0.25) is 0 Å². The van der Waals surface area contributed by atoms with E-state index in [-0.39, 0.29) is 12.6 Å². The predicted molar refractivity (Wildman–Crippen MR) is 112 cm³/mol. The van der Waals surface area contributed by atoms with Crippen LogP contribution in [-0.4, -0.2) is 82.4 Å². The second-order valence-corrected chi connectivity index (χ2v) is 7.84. The van der Waals surface area contributed by atoms with Crippen LogP contribution in [0, 0.1) is 0 Å². The summed E-state index contributed by atoms with van der Waals surface area (Å²) in [5.41, 5.74) is 0. The Hall–Kier alpha value is -2.27. The van der Waals surface area contributed by atoms with Crippen molar-refractivity contribution in [2.45, 2.75) is 56.7 Å². The summed E-state index contributed by atoms with van der Waals surface area (Å²) in [7, 11) is 0. The topological polar surface area (TPSA) is 138 Å². The summed E-state index contributed by atoms with van der Waals surface area (Å²) in [6.07, 6.45) is -8.93. The van der Waals surface area contributed by atoms with E-state index in [0.29, 0.717) is 12.3 Å². The van der Waals surface area contributed by atoms with Crippen LogP contribution < -0.4 is 10.1 Å². The largest absolute Gasteiger partial charge is 0.490 e. The van der Waals surface area contributed by atoms with Gasteiger partial charge >= 0.3 is 5.97 Å². The van der Waals surface area contributed by atoms with Crippen molar-refractivity contribution in [3.05, 3.63) is 42.5 Å². The van der Waals surface area contributed by atoms with Gasteiger partial charge in [0.1, 0.15) is 36.8 Å². The summed E-state index contributed by atoms with van der Waals surface area (Å²) in [4.78, 5) is 11.3. The minimum atomic E-state index is -1.77. The van der Waals surface area contributed by atoms with E-state index in [1.165, 1.54) is 0 Å². The van der Waals surface area contributed by atoms with Crippen LogP contribution in [0.4, 0.5) is 0 Å². The maximum atomic E-state index is 11.3. The normalized spacial score (nSPS) is 27.4. The maximum absolute atomic E-state index is 11.3. The number of ether oxygens (including phenoxy) is 3. The molecule has 0 spiro atoms. The monoisotopic (exact) mass is 435 g/mol. The zero-order valence-corrected chi connectivity index (χ0v) is 17.4. The van der Waals surface area contributed by atoms with Gasteiger partial charge < -0.3 is 40.0 Å². The fourth-order valence-electron chi connectivity index (χ4n) is 3.37. The third kappa shape index (κ3) is 5.70. The summed E-state index contributed by atoms with van der Waals surface area (Å²) in [6.45, 7) is 4.31. The van der Waals surface area contributed by atoms with Crippen molar-refractivity contribution >= 4 is 16.7 Å². The lowest BCUT2D eigenvalue weighted by molar-refractivity contribution is -0.305. The fraction of sp³-hybridized carbons (Fsp3) is 0.500. The van der Waals surface area contributed by atoms with Crippen LogP contribution in [0.2, 0.25) is 0 Å². The number of aliphatic hydroxyl groups excluding tert-OH is 3. The lowest BCUT2D eigenvalue weighted by Gasteiger charge is -2.39. The first-order valence-electron chi connectivity index (χ1n) is 10.2. The molecule has 1 aliphatic rings. The van der Waals surface area contributed by atoms with Crippen molar-refractivity contribution in [3.8, 4) is 5.75 Å². The highest BCUT2D eigenvalue weighted by Crippen LogP contribution is 2.26. The lowest BCUT2D eigenvalue weighted by atomic mass is 9.99. The number of hydrogen-bond acceptors (Lipinski definition) is 8. The molecule has 3 rings (SSSR count). The molecule has 170 valence electrons. The molecule has 0 aromatic heterocycles. The molecule has 0 radical (unpaired) electrons. The maximum Gasteiger partial charge on any atom is 0.335 e. The van der Waals surface area contributed by atoms with Gasteiger partial charge in [-0.25, -0.2) is 4.79 Å². The van der Waals surface area contributed by atoms with Crippen molar-refractivity contribution in [2.75, 3.05) is 13.2 Å². The minimum Gasteiger partial charge on any atom is -0.490 e. The van der Waals surface area contributed by atoms with Gasteiger partial charge in [0.15, 0.2) is 12.4 Å². The highest BCUT2D eigenvalue weighted by molar-refractivity contribution is 5.88. The Morgan fingerprint density at radius 1 is 1.06 bits per heavy atom. The first-order chi connectivity index (χ1) is 14.8. The summed E-state index contributed by atoms with van der Waals surface area (Å²) in [5.74, 6) is -0.809. The Bertz CT molecular complexity index is 870. The SMILES string of the molecule is CC(C)NC[C@@H](COc1cccc2ccccc12)O[C@@H]1OC(C(=O)O)[C@@H](O)C(O)C1O.